The average Bonchev–Trinajstić information content (AvgIpc) is 2.94. The summed E-state index contributed by atoms with van der Waals surface area (Å²) in [6.07, 6.45) is 5.01. The van der Waals surface area contributed by atoms with Crippen molar-refractivity contribution in [3.63, 3.8) is 0 Å². The second-order valence-electron chi connectivity index (χ2n) is 5.97. The van der Waals surface area contributed by atoms with Crippen molar-refractivity contribution >= 4 is 5.52 Å². The van der Waals surface area contributed by atoms with Gasteiger partial charge >= 0.3 is 0 Å². The summed E-state index contributed by atoms with van der Waals surface area (Å²) < 4.78 is 2.00. The number of rotatable bonds is 6. The predicted octanol–water partition coefficient (Wildman–Crippen LogP) is 3.93. The Kier molecular flexibility index (Phi) is 4.83. The van der Waals surface area contributed by atoms with Gasteiger partial charge in [0.05, 0.1) is 11.1 Å². The number of pyridine rings is 1. The summed E-state index contributed by atoms with van der Waals surface area (Å²) in [6, 6.07) is 15.7. The zero-order valence-corrected chi connectivity index (χ0v) is 13.8. The number of nitriles is 1. The number of benzene rings is 1. The molecule has 0 saturated carbocycles. The molecule has 4 nitrogen and oxygen atoms in total. The molecule has 0 saturated heterocycles. The lowest BCUT2D eigenvalue weighted by atomic mass is 10.1. The molecule has 122 valence electrons. The Morgan fingerprint density at radius 1 is 1.08 bits per heavy atom. The van der Waals surface area contributed by atoms with Crippen LogP contribution in [-0.4, -0.2) is 21.0 Å². The normalized spacial score (nSPS) is 11.0. The molecule has 2 heterocycles. The summed E-state index contributed by atoms with van der Waals surface area (Å²) in [5.41, 5.74) is 3.60. The third kappa shape index (κ3) is 3.27. The first kappa shape index (κ1) is 16.1. The fraction of sp³-hybridized carbons (Fsp3) is 0.250. The molecule has 1 aromatic carbocycles. The molecule has 0 aliphatic carbocycles. The predicted molar refractivity (Wildman–Crippen MR) is 94.6 cm³/mol. The maximum Gasteiger partial charge on any atom is 0.120 e. The van der Waals surface area contributed by atoms with Crippen LogP contribution in [0.15, 0.2) is 54.9 Å². The van der Waals surface area contributed by atoms with E-state index in [-0.39, 0.29) is 0 Å². The second-order valence-corrected chi connectivity index (χ2v) is 5.97. The number of aromatic nitrogens is 1. The molecular formula is C20H21N3O. The standard InChI is InChI=1S/C20H21N3O/c1-2-10-22(13-16-7-3-4-9-20(16)24)14-17-15-23-11-6-5-8-19(23)18(17)12-21/h3-9,11,15,24H,2,10,13-14H2,1H3. The van der Waals surface area contributed by atoms with E-state index in [1.165, 1.54) is 0 Å². The highest BCUT2D eigenvalue weighted by molar-refractivity contribution is 5.65. The van der Waals surface area contributed by atoms with Crippen molar-refractivity contribution in [3.05, 3.63) is 71.5 Å². The van der Waals surface area contributed by atoms with Gasteiger partial charge in [-0.05, 0) is 31.2 Å². The van der Waals surface area contributed by atoms with Crippen molar-refractivity contribution in [2.75, 3.05) is 6.54 Å². The van der Waals surface area contributed by atoms with Crippen molar-refractivity contribution in [2.45, 2.75) is 26.4 Å². The first-order chi connectivity index (χ1) is 11.7. The smallest absolute Gasteiger partial charge is 0.120 e. The molecule has 0 aliphatic rings. The van der Waals surface area contributed by atoms with Crippen LogP contribution in [0.5, 0.6) is 5.75 Å². The van der Waals surface area contributed by atoms with E-state index in [1.54, 1.807) is 6.07 Å². The average molecular weight is 319 g/mol. The zero-order valence-electron chi connectivity index (χ0n) is 13.8. The van der Waals surface area contributed by atoms with Crippen molar-refractivity contribution < 1.29 is 5.11 Å². The van der Waals surface area contributed by atoms with Gasteiger partial charge in [-0.15, -0.1) is 0 Å². The minimum atomic E-state index is 0.321. The summed E-state index contributed by atoms with van der Waals surface area (Å²) in [7, 11) is 0. The Hall–Kier alpha value is -2.77. The van der Waals surface area contributed by atoms with Crippen LogP contribution in [0.1, 0.15) is 30.0 Å². The third-order valence-electron chi connectivity index (χ3n) is 4.19. The molecule has 0 aliphatic heterocycles. The van der Waals surface area contributed by atoms with E-state index in [0.29, 0.717) is 18.8 Å². The van der Waals surface area contributed by atoms with Gasteiger partial charge in [-0.3, -0.25) is 4.90 Å². The van der Waals surface area contributed by atoms with E-state index >= 15 is 0 Å². The van der Waals surface area contributed by atoms with Gasteiger partial charge < -0.3 is 9.51 Å². The number of hydrogen-bond acceptors (Lipinski definition) is 3. The van der Waals surface area contributed by atoms with Gasteiger partial charge in [0, 0.05) is 36.6 Å². The molecule has 2 aromatic heterocycles. The van der Waals surface area contributed by atoms with E-state index < -0.39 is 0 Å². The second kappa shape index (κ2) is 7.20. The monoisotopic (exact) mass is 319 g/mol. The Labute approximate surface area is 142 Å². The van der Waals surface area contributed by atoms with Crippen molar-refractivity contribution in [2.24, 2.45) is 0 Å². The molecule has 0 unspecified atom stereocenters. The van der Waals surface area contributed by atoms with Gasteiger partial charge in [0.25, 0.3) is 0 Å². The Bertz CT molecular complexity index is 876. The van der Waals surface area contributed by atoms with Crippen LogP contribution in [0.2, 0.25) is 0 Å². The lowest BCUT2D eigenvalue weighted by Crippen LogP contribution is -2.23. The molecule has 0 fully saturated rings. The first-order valence-corrected chi connectivity index (χ1v) is 8.20. The maximum atomic E-state index is 10.0. The molecule has 24 heavy (non-hydrogen) atoms. The molecular weight excluding hydrogens is 298 g/mol. The first-order valence-electron chi connectivity index (χ1n) is 8.20. The summed E-state index contributed by atoms with van der Waals surface area (Å²) in [4.78, 5) is 2.27. The molecule has 3 rings (SSSR count). The van der Waals surface area contributed by atoms with E-state index in [0.717, 1.165) is 35.2 Å². The highest BCUT2D eigenvalue weighted by Gasteiger charge is 2.15. The molecule has 1 N–H and O–H groups in total. The zero-order chi connectivity index (χ0) is 16.9. The molecule has 0 bridgehead atoms. The third-order valence-corrected chi connectivity index (χ3v) is 4.19. The van der Waals surface area contributed by atoms with Gasteiger partial charge in [-0.2, -0.15) is 5.26 Å². The van der Waals surface area contributed by atoms with Crippen molar-refractivity contribution in [1.29, 1.82) is 5.26 Å². The molecule has 0 radical (unpaired) electrons. The molecule has 4 heteroatoms. The summed E-state index contributed by atoms with van der Waals surface area (Å²) in [5, 5.41) is 19.6. The van der Waals surface area contributed by atoms with Gasteiger partial charge in [0.15, 0.2) is 0 Å². The minimum absolute atomic E-state index is 0.321. The topological polar surface area (TPSA) is 51.7 Å². The molecule has 0 spiro atoms. The van der Waals surface area contributed by atoms with E-state index in [1.807, 2.05) is 53.2 Å². The SMILES string of the molecule is CCCN(Cc1ccccc1O)Cc1cn2ccccc2c1C#N. The number of fused-ring (bicyclic) bond motifs is 1. The molecule has 3 aromatic rings. The van der Waals surface area contributed by atoms with Crippen LogP contribution in [-0.2, 0) is 13.1 Å². The molecule has 0 atom stereocenters. The highest BCUT2D eigenvalue weighted by atomic mass is 16.3. The number of phenols is 1. The van der Waals surface area contributed by atoms with Gasteiger partial charge in [0.2, 0.25) is 0 Å². The van der Waals surface area contributed by atoms with Gasteiger partial charge in [0.1, 0.15) is 11.8 Å². The van der Waals surface area contributed by atoms with Gasteiger partial charge in [-0.25, -0.2) is 0 Å². The lowest BCUT2D eigenvalue weighted by molar-refractivity contribution is 0.253. The van der Waals surface area contributed by atoms with Crippen LogP contribution in [0.25, 0.3) is 5.52 Å². The largest absolute Gasteiger partial charge is 0.508 e. The Balaban J connectivity index is 1.89. The van der Waals surface area contributed by atoms with Crippen LogP contribution >= 0.6 is 0 Å². The maximum absolute atomic E-state index is 10.0. The lowest BCUT2D eigenvalue weighted by Gasteiger charge is -2.22. The fourth-order valence-corrected chi connectivity index (χ4v) is 3.08. The van der Waals surface area contributed by atoms with Crippen molar-refractivity contribution in [3.8, 4) is 11.8 Å². The van der Waals surface area contributed by atoms with Crippen LogP contribution in [0, 0.1) is 11.3 Å². The number of phenolic OH excluding ortho intramolecular Hbond substituents is 1. The summed E-state index contributed by atoms with van der Waals surface area (Å²) in [5.74, 6) is 0.321. The Morgan fingerprint density at radius 2 is 1.83 bits per heavy atom. The number of aromatic hydroxyl groups is 1. The van der Waals surface area contributed by atoms with Crippen LogP contribution < -0.4 is 0 Å². The summed E-state index contributed by atoms with van der Waals surface area (Å²) in [6.45, 7) is 4.40. The summed E-state index contributed by atoms with van der Waals surface area (Å²) >= 11 is 0. The highest BCUT2D eigenvalue weighted by Crippen LogP contribution is 2.22. The van der Waals surface area contributed by atoms with Crippen LogP contribution in [0.3, 0.4) is 0 Å². The van der Waals surface area contributed by atoms with E-state index in [9.17, 15) is 10.4 Å². The van der Waals surface area contributed by atoms with Crippen molar-refractivity contribution in [1.82, 2.24) is 9.30 Å². The minimum Gasteiger partial charge on any atom is -0.508 e. The quantitative estimate of drug-likeness (QED) is 0.749. The molecule has 0 amide bonds. The number of para-hydroxylation sites is 1. The fourth-order valence-electron chi connectivity index (χ4n) is 3.08. The van der Waals surface area contributed by atoms with E-state index in [4.69, 9.17) is 0 Å². The number of hydrogen-bond donors (Lipinski definition) is 1. The van der Waals surface area contributed by atoms with E-state index in [2.05, 4.69) is 17.9 Å². The number of nitrogens with zero attached hydrogens (tertiary/aromatic N) is 3. The van der Waals surface area contributed by atoms with Gasteiger partial charge in [-0.1, -0.05) is 31.2 Å². The van der Waals surface area contributed by atoms with Crippen LogP contribution in [0.4, 0.5) is 0 Å². The Morgan fingerprint density at radius 3 is 2.58 bits per heavy atom.